The fourth-order valence-corrected chi connectivity index (χ4v) is 2.74. The van der Waals surface area contributed by atoms with Crippen molar-refractivity contribution in [2.45, 2.75) is 19.4 Å². The lowest BCUT2D eigenvalue weighted by atomic mass is 10.1. The van der Waals surface area contributed by atoms with Crippen molar-refractivity contribution < 1.29 is 14.3 Å². The molecule has 0 atom stereocenters. The molecule has 1 aromatic carbocycles. The van der Waals surface area contributed by atoms with Gasteiger partial charge in [-0.25, -0.2) is 4.68 Å². The Balaban J connectivity index is 1.72. The highest BCUT2D eigenvalue weighted by atomic mass is 16.5. The fourth-order valence-electron chi connectivity index (χ4n) is 2.74. The first-order valence-electron chi connectivity index (χ1n) is 7.70. The van der Waals surface area contributed by atoms with Gasteiger partial charge in [0.25, 0.3) is 0 Å². The van der Waals surface area contributed by atoms with Gasteiger partial charge in [0.15, 0.2) is 0 Å². The average molecular weight is 328 g/mol. The predicted octanol–water partition coefficient (Wildman–Crippen LogP) is 1.10. The Morgan fingerprint density at radius 3 is 2.79 bits per heavy atom. The number of carbonyl (C=O) groups is 2. The summed E-state index contributed by atoms with van der Waals surface area (Å²) in [5, 5.41) is 4.32. The van der Waals surface area contributed by atoms with Crippen LogP contribution in [-0.2, 0) is 16.1 Å². The molecule has 126 valence electrons. The van der Waals surface area contributed by atoms with Gasteiger partial charge in [0, 0.05) is 31.4 Å². The molecule has 2 N–H and O–H groups in total. The number of rotatable bonds is 6. The molecule has 7 nitrogen and oxygen atoms in total. The van der Waals surface area contributed by atoms with Gasteiger partial charge >= 0.3 is 0 Å². The third kappa shape index (κ3) is 2.84. The number of benzene rings is 1. The number of nitrogens with zero attached hydrogens (tertiary/aromatic N) is 3. The van der Waals surface area contributed by atoms with E-state index in [0.29, 0.717) is 19.4 Å². The summed E-state index contributed by atoms with van der Waals surface area (Å²) >= 11 is 0. The van der Waals surface area contributed by atoms with Gasteiger partial charge in [0.1, 0.15) is 11.2 Å². The first-order chi connectivity index (χ1) is 11.5. The van der Waals surface area contributed by atoms with Crippen LogP contribution in [0.3, 0.4) is 0 Å². The highest BCUT2D eigenvalue weighted by Crippen LogP contribution is 2.46. The zero-order chi connectivity index (χ0) is 17.3. The number of hydrogen-bond donors (Lipinski definition) is 1. The van der Waals surface area contributed by atoms with Gasteiger partial charge in [-0.2, -0.15) is 5.10 Å². The molecule has 24 heavy (non-hydrogen) atoms. The molecule has 0 bridgehead atoms. The van der Waals surface area contributed by atoms with Crippen LogP contribution in [0.5, 0.6) is 5.75 Å². The Morgan fingerprint density at radius 2 is 2.17 bits per heavy atom. The second-order valence-corrected chi connectivity index (χ2v) is 6.10. The van der Waals surface area contributed by atoms with E-state index in [2.05, 4.69) is 5.10 Å². The average Bonchev–Trinajstić information content (AvgIpc) is 3.28. The lowest BCUT2D eigenvalue weighted by molar-refractivity contribution is -0.142. The van der Waals surface area contributed by atoms with Crippen LogP contribution in [0.2, 0.25) is 0 Å². The summed E-state index contributed by atoms with van der Waals surface area (Å²) in [6.45, 7) is 0.373. The summed E-state index contributed by atoms with van der Waals surface area (Å²) < 4.78 is 6.93. The molecule has 1 aliphatic carbocycles. The normalized spacial score (nSPS) is 14.9. The molecule has 1 aromatic heterocycles. The minimum absolute atomic E-state index is 0.218. The number of carbonyl (C=O) groups excluding carboxylic acids is 2. The molecule has 0 unspecified atom stereocenters. The molecule has 0 radical (unpaired) electrons. The molecule has 1 fully saturated rings. The van der Waals surface area contributed by atoms with Crippen LogP contribution in [0.4, 0.5) is 0 Å². The summed E-state index contributed by atoms with van der Waals surface area (Å²) in [5.41, 5.74) is 6.10. The molecule has 7 heteroatoms. The number of aromatic nitrogens is 2. The smallest absolute Gasteiger partial charge is 0.238 e. The van der Waals surface area contributed by atoms with Gasteiger partial charge in [-0.3, -0.25) is 9.59 Å². The first-order valence-corrected chi connectivity index (χ1v) is 7.70. The van der Waals surface area contributed by atoms with E-state index in [-0.39, 0.29) is 5.91 Å². The summed E-state index contributed by atoms with van der Waals surface area (Å²) in [5.74, 6) is -0.00969. The van der Waals surface area contributed by atoms with Crippen molar-refractivity contribution in [2.24, 2.45) is 11.1 Å². The number of amides is 2. The van der Waals surface area contributed by atoms with Crippen molar-refractivity contribution in [1.29, 1.82) is 0 Å². The van der Waals surface area contributed by atoms with E-state index in [1.54, 1.807) is 25.0 Å². The fraction of sp³-hybridized carbons (Fsp3) is 0.353. The second kappa shape index (κ2) is 5.99. The molecular weight excluding hydrogens is 308 g/mol. The number of primary amides is 1. The van der Waals surface area contributed by atoms with Gasteiger partial charge in [-0.05, 0) is 25.0 Å². The maximum atomic E-state index is 12.4. The van der Waals surface area contributed by atoms with Crippen LogP contribution in [0.1, 0.15) is 18.4 Å². The number of methoxy groups -OCH3 is 1. The van der Waals surface area contributed by atoms with Crippen molar-refractivity contribution in [1.82, 2.24) is 14.7 Å². The molecule has 1 heterocycles. The van der Waals surface area contributed by atoms with Crippen LogP contribution in [0.15, 0.2) is 36.7 Å². The largest absolute Gasteiger partial charge is 0.497 e. The summed E-state index contributed by atoms with van der Waals surface area (Å²) in [6.07, 6.45) is 4.62. The van der Waals surface area contributed by atoms with Gasteiger partial charge in [0.05, 0.1) is 19.0 Å². The van der Waals surface area contributed by atoms with Crippen LogP contribution >= 0.6 is 0 Å². The third-order valence-corrected chi connectivity index (χ3v) is 4.35. The zero-order valence-electron chi connectivity index (χ0n) is 13.7. The minimum atomic E-state index is -0.989. The molecule has 1 saturated carbocycles. The molecule has 2 aromatic rings. The highest BCUT2D eigenvalue weighted by molar-refractivity contribution is 6.07. The minimum Gasteiger partial charge on any atom is -0.497 e. The molecule has 3 rings (SSSR count). The number of nitrogens with two attached hydrogens (primary N) is 1. The van der Waals surface area contributed by atoms with Crippen LogP contribution in [0, 0.1) is 5.41 Å². The van der Waals surface area contributed by atoms with E-state index in [4.69, 9.17) is 10.5 Å². The van der Waals surface area contributed by atoms with Crippen molar-refractivity contribution in [2.75, 3.05) is 14.2 Å². The highest BCUT2D eigenvalue weighted by Gasteiger charge is 2.56. The van der Waals surface area contributed by atoms with E-state index in [9.17, 15) is 9.59 Å². The SMILES string of the molecule is COc1cccc(-n2cc(CN(C)C(=O)C3(C(N)=O)CC3)cn2)c1. The third-order valence-electron chi connectivity index (χ3n) is 4.35. The van der Waals surface area contributed by atoms with Crippen molar-refractivity contribution in [3.8, 4) is 11.4 Å². The summed E-state index contributed by atoms with van der Waals surface area (Å²) in [4.78, 5) is 25.4. The summed E-state index contributed by atoms with van der Waals surface area (Å²) in [7, 11) is 3.29. The lowest BCUT2D eigenvalue weighted by Gasteiger charge is -2.20. The van der Waals surface area contributed by atoms with Gasteiger partial charge < -0.3 is 15.4 Å². The Kier molecular flexibility index (Phi) is 4.01. The Bertz CT molecular complexity index is 780. The standard InChI is InChI=1S/C17H20N4O3/c1-20(16(23)17(6-7-17)15(18)22)10-12-9-19-21(11-12)13-4-3-5-14(8-13)24-2/h3-5,8-9,11H,6-7,10H2,1-2H3,(H2,18,22). The van der Waals surface area contributed by atoms with Gasteiger partial charge in [-0.15, -0.1) is 0 Å². The predicted molar refractivity (Wildman–Crippen MR) is 87.5 cm³/mol. The number of ether oxygens (including phenoxy) is 1. The molecule has 0 saturated heterocycles. The quantitative estimate of drug-likeness (QED) is 0.804. The number of hydrogen-bond acceptors (Lipinski definition) is 4. The van der Waals surface area contributed by atoms with Crippen molar-refractivity contribution >= 4 is 11.8 Å². The monoisotopic (exact) mass is 328 g/mol. The topological polar surface area (TPSA) is 90.5 Å². The molecule has 1 aliphatic rings. The van der Waals surface area contributed by atoms with E-state index < -0.39 is 11.3 Å². The van der Waals surface area contributed by atoms with E-state index in [0.717, 1.165) is 17.0 Å². The maximum absolute atomic E-state index is 12.4. The maximum Gasteiger partial charge on any atom is 0.238 e. The van der Waals surface area contributed by atoms with E-state index in [1.165, 1.54) is 4.90 Å². The van der Waals surface area contributed by atoms with Gasteiger partial charge in [-0.1, -0.05) is 6.07 Å². The molecule has 0 spiro atoms. The van der Waals surface area contributed by atoms with Crippen LogP contribution < -0.4 is 10.5 Å². The second-order valence-electron chi connectivity index (χ2n) is 6.10. The molecule has 0 aliphatic heterocycles. The van der Waals surface area contributed by atoms with Crippen molar-refractivity contribution in [3.05, 3.63) is 42.2 Å². The zero-order valence-corrected chi connectivity index (χ0v) is 13.7. The van der Waals surface area contributed by atoms with Gasteiger partial charge in [0.2, 0.25) is 11.8 Å². The Morgan fingerprint density at radius 1 is 1.42 bits per heavy atom. The first kappa shape index (κ1) is 16.0. The lowest BCUT2D eigenvalue weighted by Crippen LogP contribution is -2.41. The van der Waals surface area contributed by atoms with Crippen LogP contribution in [-0.4, -0.2) is 40.7 Å². The van der Waals surface area contributed by atoms with Crippen LogP contribution in [0.25, 0.3) is 5.69 Å². The van der Waals surface area contributed by atoms with E-state index >= 15 is 0 Å². The van der Waals surface area contributed by atoms with E-state index in [1.807, 2.05) is 30.5 Å². The molecule has 2 amide bonds. The summed E-state index contributed by atoms with van der Waals surface area (Å²) in [6, 6.07) is 7.53. The Hall–Kier alpha value is -2.83. The van der Waals surface area contributed by atoms with Crippen molar-refractivity contribution in [3.63, 3.8) is 0 Å². The Labute approximate surface area is 140 Å². The molecular formula is C17H20N4O3.